The first-order valence-corrected chi connectivity index (χ1v) is 8.55. The van der Waals surface area contributed by atoms with E-state index in [0.29, 0.717) is 6.61 Å². The van der Waals surface area contributed by atoms with Crippen molar-refractivity contribution in [3.63, 3.8) is 0 Å². The number of carbonyl (C=O) groups excluding carboxylic acids is 1. The Labute approximate surface area is 139 Å². The number of hydrogen-bond donors (Lipinski definition) is 0. The summed E-state index contributed by atoms with van der Waals surface area (Å²) >= 11 is 8.03. The van der Waals surface area contributed by atoms with E-state index >= 15 is 0 Å². The maximum Gasteiger partial charge on any atom is 0.330 e. The number of likely N-dealkylation sites (N-methyl/N-ethyl adjacent to an activating group) is 1. The van der Waals surface area contributed by atoms with E-state index in [-0.39, 0.29) is 5.97 Å². The largest absolute Gasteiger partial charge is 0.463 e. The molecule has 0 bridgehead atoms. The molecule has 0 atom stereocenters. The first-order chi connectivity index (χ1) is 10.6. The third-order valence-corrected chi connectivity index (χ3v) is 5.51. The Morgan fingerprint density at radius 3 is 3.09 bits per heavy atom. The maximum absolute atomic E-state index is 11.6. The van der Waals surface area contributed by atoms with E-state index in [9.17, 15) is 4.79 Å². The molecule has 1 aromatic heterocycles. The Morgan fingerprint density at radius 2 is 2.32 bits per heavy atom. The fourth-order valence-corrected chi connectivity index (χ4v) is 4.26. The van der Waals surface area contributed by atoms with Gasteiger partial charge in [-0.1, -0.05) is 17.7 Å². The average Bonchev–Trinajstić information content (AvgIpc) is 2.75. The fraction of sp³-hybridized carbons (Fsp3) is 0.353. The summed E-state index contributed by atoms with van der Waals surface area (Å²) in [5.41, 5.74) is 2.60. The summed E-state index contributed by atoms with van der Waals surface area (Å²) in [5.74, 6) is -0.305. The van der Waals surface area contributed by atoms with Crippen LogP contribution in [0.25, 0.3) is 16.2 Å². The van der Waals surface area contributed by atoms with E-state index in [1.807, 2.05) is 12.1 Å². The van der Waals surface area contributed by atoms with Crippen LogP contribution in [0.4, 0.5) is 0 Å². The van der Waals surface area contributed by atoms with E-state index in [4.69, 9.17) is 16.3 Å². The fourth-order valence-electron chi connectivity index (χ4n) is 2.82. The van der Waals surface area contributed by atoms with Gasteiger partial charge in [-0.15, -0.1) is 11.3 Å². The second kappa shape index (κ2) is 6.41. The molecule has 0 saturated heterocycles. The number of rotatable bonds is 3. The molecule has 3 rings (SSSR count). The Kier molecular flexibility index (Phi) is 4.52. The molecule has 1 aliphatic rings. The molecule has 1 aliphatic heterocycles. The molecule has 2 aromatic rings. The normalized spacial score (nSPS) is 15.4. The summed E-state index contributed by atoms with van der Waals surface area (Å²) < 4.78 is 6.08. The number of carbonyl (C=O) groups is 1. The summed E-state index contributed by atoms with van der Waals surface area (Å²) in [6.07, 6.45) is 4.38. The zero-order valence-electron chi connectivity index (χ0n) is 12.7. The molecule has 1 aromatic carbocycles. The molecule has 116 valence electrons. The summed E-state index contributed by atoms with van der Waals surface area (Å²) in [7, 11) is 2.12. The van der Waals surface area contributed by atoms with Crippen LogP contribution in [0, 0.1) is 0 Å². The molecular formula is C17H18ClNO2S. The lowest BCUT2D eigenvalue weighted by Gasteiger charge is -2.13. The van der Waals surface area contributed by atoms with Crippen LogP contribution in [0.3, 0.4) is 0 Å². The van der Waals surface area contributed by atoms with Crippen molar-refractivity contribution >= 4 is 45.1 Å². The second-order valence-electron chi connectivity index (χ2n) is 5.43. The molecule has 3 nitrogen and oxygen atoms in total. The van der Waals surface area contributed by atoms with Crippen LogP contribution in [-0.4, -0.2) is 31.1 Å². The van der Waals surface area contributed by atoms with Crippen molar-refractivity contribution in [1.29, 1.82) is 0 Å². The lowest BCUT2D eigenvalue weighted by atomic mass is 10.0. The average molecular weight is 336 g/mol. The zero-order chi connectivity index (χ0) is 15.7. The highest BCUT2D eigenvalue weighted by molar-refractivity contribution is 7.20. The summed E-state index contributed by atoms with van der Waals surface area (Å²) in [5, 5.41) is 2.05. The molecule has 0 unspecified atom stereocenters. The smallest absolute Gasteiger partial charge is 0.330 e. The minimum atomic E-state index is -0.305. The maximum atomic E-state index is 11.6. The van der Waals surface area contributed by atoms with Gasteiger partial charge < -0.3 is 9.64 Å². The van der Waals surface area contributed by atoms with Gasteiger partial charge in [0.1, 0.15) is 0 Å². The summed E-state index contributed by atoms with van der Waals surface area (Å²) in [6.45, 7) is 4.09. The van der Waals surface area contributed by atoms with Gasteiger partial charge in [0.25, 0.3) is 0 Å². The van der Waals surface area contributed by atoms with E-state index in [1.54, 1.807) is 18.3 Å². The van der Waals surface area contributed by atoms with E-state index in [0.717, 1.165) is 34.1 Å². The molecule has 0 fully saturated rings. The predicted octanol–water partition coefficient (Wildman–Crippen LogP) is 4.12. The van der Waals surface area contributed by atoms with Crippen LogP contribution in [-0.2, 0) is 22.5 Å². The Hall–Kier alpha value is -1.36. The highest BCUT2D eigenvalue weighted by Gasteiger charge is 2.20. The molecule has 0 radical (unpaired) electrons. The first kappa shape index (κ1) is 15.5. The third kappa shape index (κ3) is 2.91. The molecule has 22 heavy (non-hydrogen) atoms. The van der Waals surface area contributed by atoms with Crippen LogP contribution in [0.15, 0.2) is 18.2 Å². The van der Waals surface area contributed by atoms with Crippen LogP contribution < -0.4 is 0 Å². The molecule has 2 heterocycles. The molecule has 5 heteroatoms. The standard InChI is InChI=1S/C17H18ClNO2S/c1-3-21-15(20)7-6-14-12-10-19(2)9-8-11-4-5-13(18)17(22-14)16(11)12/h4-7H,3,8-10H2,1-2H3/b7-6+. The van der Waals surface area contributed by atoms with Crippen molar-refractivity contribution in [2.75, 3.05) is 20.2 Å². The number of halogens is 1. The molecule has 0 saturated carbocycles. The Balaban J connectivity index is 2.11. The Morgan fingerprint density at radius 1 is 1.50 bits per heavy atom. The van der Waals surface area contributed by atoms with Crippen molar-refractivity contribution in [3.8, 4) is 0 Å². The second-order valence-corrected chi connectivity index (χ2v) is 6.89. The molecular weight excluding hydrogens is 318 g/mol. The topological polar surface area (TPSA) is 29.5 Å². The zero-order valence-corrected chi connectivity index (χ0v) is 14.3. The van der Waals surface area contributed by atoms with E-state index < -0.39 is 0 Å². The number of thiophene rings is 1. The van der Waals surface area contributed by atoms with Crippen LogP contribution >= 0.6 is 22.9 Å². The minimum Gasteiger partial charge on any atom is -0.463 e. The van der Waals surface area contributed by atoms with Gasteiger partial charge in [-0.25, -0.2) is 4.79 Å². The van der Waals surface area contributed by atoms with E-state index in [2.05, 4.69) is 18.0 Å². The third-order valence-electron chi connectivity index (χ3n) is 3.86. The minimum absolute atomic E-state index is 0.305. The number of benzene rings is 1. The van der Waals surface area contributed by atoms with Gasteiger partial charge in [0, 0.05) is 29.4 Å². The van der Waals surface area contributed by atoms with Gasteiger partial charge in [-0.3, -0.25) is 0 Å². The lowest BCUT2D eigenvalue weighted by molar-refractivity contribution is -0.137. The van der Waals surface area contributed by atoms with Crippen LogP contribution in [0.5, 0.6) is 0 Å². The summed E-state index contributed by atoms with van der Waals surface area (Å²) in [6, 6.07) is 4.10. The predicted molar refractivity (Wildman–Crippen MR) is 92.5 cm³/mol. The van der Waals surface area contributed by atoms with Gasteiger partial charge in [0.15, 0.2) is 0 Å². The number of nitrogens with zero attached hydrogens (tertiary/aromatic N) is 1. The van der Waals surface area contributed by atoms with Gasteiger partial charge in [0.2, 0.25) is 0 Å². The van der Waals surface area contributed by atoms with Gasteiger partial charge in [0.05, 0.1) is 16.3 Å². The molecule has 0 N–H and O–H groups in total. The lowest BCUT2D eigenvalue weighted by Crippen LogP contribution is -2.18. The number of esters is 1. The molecule has 0 aliphatic carbocycles. The monoisotopic (exact) mass is 335 g/mol. The number of hydrogen-bond acceptors (Lipinski definition) is 4. The van der Waals surface area contributed by atoms with Crippen molar-refractivity contribution in [1.82, 2.24) is 4.90 Å². The van der Waals surface area contributed by atoms with Gasteiger partial charge >= 0.3 is 5.97 Å². The first-order valence-electron chi connectivity index (χ1n) is 7.36. The van der Waals surface area contributed by atoms with Crippen molar-refractivity contribution in [2.45, 2.75) is 19.9 Å². The van der Waals surface area contributed by atoms with Crippen LogP contribution in [0.1, 0.15) is 22.9 Å². The highest BCUT2D eigenvalue weighted by Crippen LogP contribution is 2.40. The molecule has 0 amide bonds. The van der Waals surface area contributed by atoms with E-state index in [1.165, 1.54) is 22.6 Å². The van der Waals surface area contributed by atoms with Crippen LogP contribution in [0.2, 0.25) is 5.02 Å². The Bertz CT molecular complexity index is 751. The van der Waals surface area contributed by atoms with Gasteiger partial charge in [-0.2, -0.15) is 0 Å². The highest BCUT2D eigenvalue weighted by atomic mass is 35.5. The quantitative estimate of drug-likeness (QED) is 0.624. The number of ether oxygens (including phenoxy) is 1. The van der Waals surface area contributed by atoms with Gasteiger partial charge in [-0.05, 0) is 43.7 Å². The molecule has 0 spiro atoms. The van der Waals surface area contributed by atoms with Crippen molar-refractivity contribution < 1.29 is 9.53 Å². The SMILES string of the molecule is CCOC(=O)/C=C/c1sc2c(Cl)ccc3c2c1CN(C)CC3. The summed E-state index contributed by atoms with van der Waals surface area (Å²) in [4.78, 5) is 15.0. The van der Waals surface area contributed by atoms with Crippen molar-refractivity contribution in [2.24, 2.45) is 0 Å². The van der Waals surface area contributed by atoms with Crippen molar-refractivity contribution in [3.05, 3.63) is 39.2 Å².